The molecule has 16 heavy (non-hydrogen) atoms. The van der Waals surface area contributed by atoms with Crippen LogP contribution in [0, 0.1) is 0 Å². The normalized spacial score (nSPS) is 10.4. The van der Waals surface area contributed by atoms with Gasteiger partial charge in [-0.3, -0.25) is 0 Å². The van der Waals surface area contributed by atoms with Crippen LogP contribution in [0.4, 0.5) is 0 Å². The highest BCUT2D eigenvalue weighted by molar-refractivity contribution is 7.13. The Balaban J connectivity index is 2.17. The molecule has 0 bridgehead atoms. The van der Waals surface area contributed by atoms with Crippen molar-refractivity contribution in [3.05, 3.63) is 33.3 Å². The van der Waals surface area contributed by atoms with Crippen molar-refractivity contribution in [3.8, 4) is 10.9 Å². The lowest BCUT2D eigenvalue weighted by Crippen LogP contribution is -1.94. The summed E-state index contributed by atoms with van der Waals surface area (Å²) in [5.74, 6) is 0.564. The number of ether oxygens (including phenoxy) is 1. The number of nitrogens with zero attached hydrogens (tertiary/aromatic N) is 2. The molecule has 0 fully saturated rings. The van der Waals surface area contributed by atoms with E-state index in [1.807, 2.05) is 0 Å². The maximum atomic E-state index is 5.85. The standard InChI is InChI=1S/C9H7Cl2N3OS/c10-6-2-1-5(3-7(6)11)15-9-14-13-8(4-12)16-9/h1-3H,4,12H2. The Labute approximate surface area is 106 Å². The fraction of sp³-hybridized carbons (Fsp3) is 0.111. The number of aromatic nitrogens is 2. The molecule has 2 N–H and O–H groups in total. The number of hydrogen-bond donors (Lipinski definition) is 1. The van der Waals surface area contributed by atoms with Gasteiger partial charge in [-0.05, 0) is 12.1 Å². The summed E-state index contributed by atoms with van der Waals surface area (Å²) in [7, 11) is 0. The van der Waals surface area contributed by atoms with Crippen molar-refractivity contribution >= 4 is 34.5 Å². The minimum Gasteiger partial charge on any atom is -0.430 e. The second kappa shape index (κ2) is 4.97. The predicted molar refractivity (Wildman–Crippen MR) is 64.3 cm³/mol. The Hall–Kier alpha value is -0.880. The molecule has 2 rings (SSSR count). The maximum absolute atomic E-state index is 5.85. The van der Waals surface area contributed by atoms with Crippen molar-refractivity contribution in [3.63, 3.8) is 0 Å². The molecular weight excluding hydrogens is 269 g/mol. The minimum absolute atomic E-state index is 0.350. The minimum atomic E-state index is 0.350. The van der Waals surface area contributed by atoms with Crippen molar-refractivity contribution in [1.29, 1.82) is 0 Å². The summed E-state index contributed by atoms with van der Waals surface area (Å²) in [5, 5.41) is 9.72. The molecule has 0 saturated carbocycles. The van der Waals surface area contributed by atoms with E-state index >= 15 is 0 Å². The smallest absolute Gasteiger partial charge is 0.299 e. The van der Waals surface area contributed by atoms with Crippen LogP contribution in [0.5, 0.6) is 10.9 Å². The van der Waals surface area contributed by atoms with Gasteiger partial charge in [-0.1, -0.05) is 39.6 Å². The Kier molecular flexibility index (Phi) is 3.60. The third-order valence-corrected chi connectivity index (χ3v) is 3.28. The summed E-state index contributed by atoms with van der Waals surface area (Å²) >= 11 is 12.9. The van der Waals surface area contributed by atoms with Crippen LogP contribution in [0.2, 0.25) is 10.0 Å². The average molecular weight is 276 g/mol. The molecule has 0 radical (unpaired) electrons. The quantitative estimate of drug-likeness (QED) is 0.935. The van der Waals surface area contributed by atoms with Gasteiger partial charge in [-0.15, -0.1) is 5.10 Å². The molecular formula is C9H7Cl2N3OS. The maximum Gasteiger partial charge on any atom is 0.299 e. The molecule has 1 aromatic carbocycles. The molecule has 4 nitrogen and oxygen atoms in total. The number of nitrogens with two attached hydrogens (primary N) is 1. The van der Waals surface area contributed by atoms with E-state index in [0.29, 0.717) is 27.5 Å². The van der Waals surface area contributed by atoms with Crippen LogP contribution in [-0.4, -0.2) is 10.2 Å². The van der Waals surface area contributed by atoms with E-state index in [0.717, 1.165) is 5.01 Å². The Morgan fingerprint density at radius 1 is 1.25 bits per heavy atom. The number of halogens is 2. The highest BCUT2D eigenvalue weighted by atomic mass is 35.5. The molecule has 0 aliphatic heterocycles. The second-order valence-electron chi connectivity index (χ2n) is 2.84. The first-order chi connectivity index (χ1) is 7.69. The SMILES string of the molecule is NCc1nnc(Oc2ccc(Cl)c(Cl)c2)s1. The zero-order chi connectivity index (χ0) is 11.5. The summed E-state index contributed by atoms with van der Waals surface area (Å²) < 4.78 is 5.44. The third kappa shape index (κ3) is 2.62. The zero-order valence-electron chi connectivity index (χ0n) is 7.98. The third-order valence-electron chi connectivity index (χ3n) is 1.72. The first-order valence-electron chi connectivity index (χ1n) is 4.34. The summed E-state index contributed by atoms with van der Waals surface area (Å²) in [6.07, 6.45) is 0. The van der Waals surface area contributed by atoms with Crippen LogP contribution in [0.15, 0.2) is 18.2 Å². The molecule has 7 heteroatoms. The molecule has 0 amide bonds. The van der Waals surface area contributed by atoms with Gasteiger partial charge in [0, 0.05) is 12.6 Å². The lowest BCUT2D eigenvalue weighted by atomic mass is 10.3. The summed E-state index contributed by atoms with van der Waals surface area (Å²) in [6, 6.07) is 4.98. The van der Waals surface area contributed by atoms with Crippen LogP contribution in [0.3, 0.4) is 0 Å². The van der Waals surface area contributed by atoms with E-state index in [4.69, 9.17) is 33.7 Å². The van der Waals surface area contributed by atoms with Crippen LogP contribution in [0.25, 0.3) is 0 Å². The van der Waals surface area contributed by atoms with Crippen molar-refractivity contribution in [2.75, 3.05) is 0 Å². The van der Waals surface area contributed by atoms with E-state index in [1.165, 1.54) is 11.3 Å². The molecule has 1 heterocycles. The largest absolute Gasteiger partial charge is 0.430 e. The summed E-state index contributed by atoms with van der Waals surface area (Å²) in [5.41, 5.74) is 5.41. The van der Waals surface area contributed by atoms with Gasteiger partial charge in [0.05, 0.1) is 10.0 Å². The summed E-state index contributed by atoms with van der Waals surface area (Å²) in [6.45, 7) is 0.350. The van der Waals surface area contributed by atoms with E-state index < -0.39 is 0 Å². The highest BCUT2D eigenvalue weighted by Gasteiger charge is 2.06. The van der Waals surface area contributed by atoms with Crippen molar-refractivity contribution in [1.82, 2.24) is 10.2 Å². The van der Waals surface area contributed by atoms with Gasteiger partial charge in [0.1, 0.15) is 10.8 Å². The van der Waals surface area contributed by atoms with Gasteiger partial charge in [0.15, 0.2) is 0 Å². The zero-order valence-corrected chi connectivity index (χ0v) is 10.3. The molecule has 0 unspecified atom stereocenters. The fourth-order valence-corrected chi connectivity index (χ4v) is 1.88. The number of hydrogen-bond acceptors (Lipinski definition) is 5. The van der Waals surface area contributed by atoms with Gasteiger partial charge < -0.3 is 10.5 Å². The van der Waals surface area contributed by atoms with E-state index in [9.17, 15) is 0 Å². The molecule has 2 aromatic rings. The molecule has 0 spiro atoms. The van der Waals surface area contributed by atoms with Gasteiger partial charge in [-0.25, -0.2) is 0 Å². The van der Waals surface area contributed by atoms with E-state index in [-0.39, 0.29) is 0 Å². The number of benzene rings is 1. The first-order valence-corrected chi connectivity index (χ1v) is 5.91. The van der Waals surface area contributed by atoms with Gasteiger partial charge in [-0.2, -0.15) is 0 Å². The van der Waals surface area contributed by atoms with Gasteiger partial charge in [0.2, 0.25) is 0 Å². The Morgan fingerprint density at radius 3 is 2.69 bits per heavy atom. The average Bonchev–Trinajstić information content (AvgIpc) is 2.71. The topological polar surface area (TPSA) is 61.0 Å². The molecule has 84 valence electrons. The highest BCUT2D eigenvalue weighted by Crippen LogP contribution is 2.30. The number of rotatable bonds is 3. The molecule has 0 saturated heterocycles. The second-order valence-corrected chi connectivity index (χ2v) is 4.68. The predicted octanol–water partition coefficient (Wildman–Crippen LogP) is 3.10. The Bertz CT molecular complexity index is 503. The van der Waals surface area contributed by atoms with Gasteiger partial charge >= 0.3 is 0 Å². The monoisotopic (exact) mass is 275 g/mol. The molecule has 0 aliphatic rings. The van der Waals surface area contributed by atoms with Crippen molar-refractivity contribution in [2.24, 2.45) is 5.73 Å². The first kappa shape index (κ1) is 11.6. The molecule has 0 aliphatic carbocycles. The lowest BCUT2D eigenvalue weighted by molar-refractivity contribution is 0.473. The van der Waals surface area contributed by atoms with Crippen LogP contribution in [-0.2, 0) is 6.54 Å². The van der Waals surface area contributed by atoms with E-state index in [1.54, 1.807) is 18.2 Å². The fourth-order valence-electron chi connectivity index (χ4n) is 1.00. The van der Waals surface area contributed by atoms with Crippen LogP contribution in [0.1, 0.15) is 5.01 Å². The Morgan fingerprint density at radius 2 is 2.06 bits per heavy atom. The molecule has 1 aromatic heterocycles. The van der Waals surface area contributed by atoms with Crippen LogP contribution < -0.4 is 10.5 Å². The van der Waals surface area contributed by atoms with Crippen molar-refractivity contribution in [2.45, 2.75) is 6.54 Å². The lowest BCUT2D eigenvalue weighted by Gasteiger charge is -2.01. The summed E-state index contributed by atoms with van der Waals surface area (Å²) in [4.78, 5) is 0. The van der Waals surface area contributed by atoms with Gasteiger partial charge in [0.25, 0.3) is 5.19 Å². The molecule has 0 atom stereocenters. The van der Waals surface area contributed by atoms with Crippen molar-refractivity contribution < 1.29 is 4.74 Å². The van der Waals surface area contributed by atoms with E-state index in [2.05, 4.69) is 10.2 Å². The van der Waals surface area contributed by atoms with Crippen LogP contribution >= 0.6 is 34.5 Å².